The standard InChI is InChI=1S/C15H18ClN3O/c1-3-8-19-15(20)14(16)13(10-18-19)17-9-12-6-4-11(2)5-7-12/h4-7,10,17H,3,8-9H2,1-2H3. The van der Waals surface area contributed by atoms with E-state index in [2.05, 4.69) is 22.5 Å². The quantitative estimate of drug-likeness (QED) is 0.920. The van der Waals surface area contributed by atoms with Crippen LogP contribution >= 0.6 is 11.6 Å². The minimum Gasteiger partial charge on any atom is -0.378 e. The summed E-state index contributed by atoms with van der Waals surface area (Å²) in [6.45, 7) is 5.23. The molecule has 5 heteroatoms. The fourth-order valence-electron chi connectivity index (χ4n) is 1.86. The first-order valence-corrected chi connectivity index (χ1v) is 7.04. The molecule has 20 heavy (non-hydrogen) atoms. The SMILES string of the molecule is CCCn1ncc(NCc2ccc(C)cc2)c(Cl)c1=O. The van der Waals surface area contributed by atoms with Gasteiger partial charge in [-0.15, -0.1) is 0 Å². The van der Waals surface area contributed by atoms with E-state index in [-0.39, 0.29) is 10.6 Å². The molecule has 0 atom stereocenters. The Morgan fingerprint density at radius 3 is 2.65 bits per heavy atom. The van der Waals surface area contributed by atoms with E-state index >= 15 is 0 Å². The van der Waals surface area contributed by atoms with E-state index in [9.17, 15) is 4.79 Å². The second-order valence-electron chi connectivity index (χ2n) is 4.74. The predicted molar refractivity (Wildman–Crippen MR) is 82.3 cm³/mol. The molecule has 0 aliphatic heterocycles. The van der Waals surface area contributed by atoms with Gasteiger partial charge in [0.25, 0.3) is 5.56 Å². The molecule has 106 valence electrons. The van der Waals surface area contributed by atoms with Crippen LogP contribution in [0, 0.1) is 6.92 Å². The molecule has 0 bridgehead atoms. The lowest BCUT2D eigenvalue weighted by Crippen LogP contribution is -2.24. The molecule has 0 aliphatic carbocycles. The zero-order chi connectivity index (χ0) is 14.5. The largest absolute Gasteiger partial charge is 0.378 e. The van der Waals surface area contributed by atoms with Crippen LogP contribution in [-0.2, 0) is 13.1 Å². The number of aromatic nitrogens is 2. The summed E-state index contributed by atoms with van der Waals surface area (Å²) in [5.41, 5.74) is 2.67. The van der Waals surface area contributed by atoms with Gasteiger partial charge in [0, 0.05) is 13.1 Å². The van der Waals surface area contributed by atoms with Crippen LogP contribution in [0.3, 0.4) is 0 Å². The maximum absolute atomic E-state index is 12.0. The zero-order valence-corrected chi connectivity index (χ0v) is 12.4. The molecule has 0 aliphatic rings. The van der Waals surface area contributed by atoms with Crippen molar-refractivity contribution in [1.82, 2.24) is 9.78 Å². The van der Waals surface area contributed by atoms with E-state index in [1.165, 1.54) is 10.2 Å². The number of rotatable bonds is 5. The van der Waals surface area contributed by atoms with Crippen molar-refractivity contribution in [2.24, 2.45) is 0 Å². The van der Waals surface area contributed by atoms with Gasteiger partial charge in [-0.3, -0.25) is 4.79 Å². The number of nitrogens with zero attached hydrogens (tertiary/aromatic N) is 2. The van der Waals surface area contributed by atoms with Crippen LogP contribution < -0.4 is 10.9 Å². The number of nitrogens with one attached hydrogen (secondary N) is 1. The van der Waals surface area contributed by atoms with E-state index in [0.29, 0.717) is 18.8 Å². The Hall–Kier alpha value is -1.81. The minimum absolute atomic E-state index is 0.195. The van der Waals surface area contributed by atoms with Crippen molar-refractivity contribution in [3.63, 3.8) is 0 Å². The van der Waals surface area contributed by atoms with Gasteiger partial charge in [0.15, 0.2) is 0 Å². The molecule has 1 heterocycles. The summed E-state index contributed by atoms with van der Waals surface area (Å²) >= 11 is 6.09. The lowest BCUT2D eigenvalue weighted by atomic mass is 10.1. The van der Waals surface area contributed by atoms with Crippen LogP contribution in [0.1, 0.15) is 24.5 Å². The molecular weight excluding hydrogens is 274 g/mol. The summed E-state index contributed by atoms with van der Waals surface area (Å²) < 4.78 is 1.39. The summed E-state index contributed by atoms with van der Waals surface area (Å²) in [6.07, 6.45) is 2.45. The first-order chi connectivity index (χ1) is 9.61. The van der Waals surface area contributed by atoms with Gasteiger partial charge in [0.05, 0.1) is 11.9 Å². The van der Waals surface area contributed by atoms with Crippen LogP contribution in [0.25, 0.3) is 0 Å². The number of benzene rings is 1. The van der Waals surface area contributed by atoms with Gasteiger partial charge in [0.2, 0.25) is 0 Å². The number of hydrogen-bond donors (Lipinski definition) is 1. The van der Waals surface area contributed by atoms with Gasteiger partial charge in [-0.25, -0.2) is 4.68 Å². The monoisotopic (exact) mass is 291 g/mol. The van der Waals surface area contributed by atoms with Crippen molar-refractivity contribution in [2.75, 3.05) is 5.32 Å². The molecule has 2 aromatic rings. The van der Waals surface area contributed by atoms with Gasteiger partial charge >= 0.3 is 0 Å². The lowest BCUT2D eigenvalue weighted by Gasteiger charge is -2.10. The highest BCUT2D eigenvalue weighted by Crippen LogP contribution is 2.16. The van der Waals surface area contributed by atoms with Crippen molar-refractivity contribution < 1.29 is 0 Å². The third-order valence-electron chi connectivity index (χ3n) is 3.02. The van der Waals surface area contributed by atoms with E-state index in [1.807, 2.05) is 26.0 Å². The van der Waals surface area contributed by atoms with E-state index < -0.39 is 0 Å². The topological polar surface area (TPSA) is 46.9 Å². The molecule has 0 fully saturated rings. The van der Waals surface area contributed by atoms with Gasteiger partial charge in [-0.1, -0.05) is 48.4 Å². The van der Waals surface area contributed by atoms with Gasteiger partial charge < -0.3 is 5.32 Å². The second kappa shape index (κ2) is 6.57. The molecule has 1 aromatic carbocycles. The molecular formula is C15H18ClN3O. The minimum atomic E-state index is -0.248. The Balaban J connectivity index is 2.12. The smallest absolute Gasteiger partial charge is 0.287 e. The van der Waals surface area contributed by atoms with Crippen LogP contribution in [0.2, 0.25) is 5.02 Å². The lowest BCUT2D eigenvalue weighted by molar-refractivity contribution is 0.568. The fourth-order valence-corrected chi connectivity index (χ4v) is 2.08. The van der Waals surface area contributed by atoms with Crippen LogP contribution in [-0.4, -0.2) is 9.78 Å². The molecule has 0 amide bonds. The molecule has 1 aromatic heterocycles. The highest BCUT2D eigenvalue weighted by Gasteiger charge is 2.08. The van der Waals surface area contributed by atoms with Crippen molar-refractivity contribution in [3.8, 4) is 0 Å². The molecule has 0 spiro atoms. The molecule has 0 radical (unpaired) electrons. The highest BCUT2D eigenvalue weighted by atomic mass is 35.5. The molecule has 2 rings (SSSR count). The van der Waals surface area contributed by atoms with Crippen molar-refractivity contribution in [3.05, 3.63) is 57.0 Å². The summed E-state index contributed by atoms with van der Waals surface area (Å²) in [7, 11) is 0. The number of hydrogen-bond acceptors (Lipinski definition) is 3. The Labute approximate surface area is 123 Å². The van der Waals surface area contributed by atoms with Crippen LogP contribution in [0.4, 0.5) is 5.69 Å². The third kappa shape index (κ3) is 3.39. The second-order valence-corrected chi connectivity index (χ2v) is 5.12. The zero-order valence-electron chi connectivity index (χ0n) is 11.7. The molecule has 0 unspecified atom stereocenters. The summed E-state index contributed by atoms with van der Waals surface area (Å²) in [6, 6.07) is 8.19. The average molecular weight is 292 g/mol. The predicted octanol–water partition coefficient (Wildman–Crippen LogP) is 3.23. The van der Waals surface area contributed by atoms with E-state index in [4.69, 9.17) is 11.6 Å². The Bertz CT molecular complexity index is 635. The van der Waals surface area contributed by atoms with E-state index in [0.717, 1.165) is 12.0 Å². The fraction of sp³-hybridized carbons (Fsp3) is 0.333. The Kier molecular flexibility index (Phi) is 4.79. The normalized spacial score (nSPS) is 10.6. The third-order valence-corrected chi connectivity index (χ3v) is 3.39. The molecule has 1 N–H and O–H groups in total. The maximum atomic E-state index is 12.0. The molecule has 0 saturated carbocycles. The maximum Gasteiger partial charge on any atom is 0.287 e. The molecule has 4 nitrogen and oxygen atoms in total. The van der Waals surface area contributed by atoms with Crippen LogP contribution in [0.15, 0.2) is 35.3 Å². The first kappa shape index (κ1) is 14.6. The Morgan fingerprint density at radius 1 is 1.30 bits per heavy atom. The number of anilines is 1. The van der Waals surface area contributed by atoms with Gasteiger partial charge in [-0.05, 0) is 18.9 Å². The first-order valence-electron chi connectivity index (χ1n) is 6.67. The Morgan fingerprint density at radius 2 is 2.00 bits per heavy atom. The van der Waals surface area contributed by atoms with Gasteiger partial charge in [-0.2, -0.15) is 5.10 Å². The molecule has 0 saturated heterocycles. The van der Waals surface area contributed by atoms with Crippen molar-refractivity contribution in [2.45, 2.75) is 33.4 Å². The average Bonchev–Trinajstić information content (AvgIpc) is 2.45. The summed E-state index contributed by atoms with van der Waals surface area (Å²) in [5.74, 6) is 0. The summed E-state index contributed by atoms with van der Waals surface area (Å²) in [5, 5.41) is 7.46. The highest BCUT2D eigenvalue weighted by molar-refractivity contribution is 6.32. The number of aryl methyl sites for hydroxylation is 2. The van der Waals surface area contributed by atoms with Crippen LogP contribution in [0.5, 0.6) is 0 Å². The van der Waals surface area contributed by atoms with Crippen molar-refractivity contribution in [1.29, 1.82) is 0 Å². The summed E-state index contributed by atoms with van der Waals surface area (Å²) in [4.78, 5) is 12.0. The van der Waals surface area contributed by atoms with E-state index in [1.54, 1.807) is 6.20 Å². The van der Waals surface area contributed by atoms with Crippen molar-refractivity contribution >= 4 is 17.3 Å². The van der Waals surface area contributed by atoms with Gasteiger partial charge in [0.1, 0.15) is 5.02 Å². The number of halogens is 1.